The molecule has 152 valence electrons. The molecule has 1 unspecified atom stereocenters. The molecule has 0 fully saturated rings. The van der Waals surface area contributed by atoms with E-state index in [0.29, 0.717) is 5.56 Å². The minimum atomic E-state index is -1.18. The van der Waals surface area contributed by atoms with Crippen LogP contribution in [0.4, 0.5) is 8.78 Å². The SMILES string of the molecule is Cc1cc2ccccc2[s+]1-c1ccc(C(=O)OC(C)(C)c2cc(F)cc(F)c2)cc1. The zero-order valence-corrected chi connectivity index (χ0v) is 17.7. The summed E-state index contributed by atoms with van der Waals surface area (Å²) < 4.78 is 34.0. The van der Waals surface area contributed by atoms with Gasteiger partial charge in [-0.1, -0.05) is 12.1 Å². The molecule has 5 heteroatoms. The van der Waals surface area contributed by atoms with Gasteiger partial charge in [-0.25, -0.2) is 13.6 Å². The molecule has 1 heterocycles. The Morgan fingerprint density at radius 1 is 0.900 bits per heavy atom. The number of fused-ring (bicyclic) bond motifs is 1. The predicted molar refractivity (Wildman–Crippen MR) is 117 cm³/mol. The number of benzene rings is 3. The average molecular weight is 424 g/mol. The number of ether oxygens (including phenoxy) is 1. The van der Waals surface area contributed by atoms with E-state index in [-0.39, 0.29) is 16.0 Å². The second-order valence-corrected chi connectivity index (χ2v) is 9.85. The number of aryl methyl sites for hydroxylation is 1. The van der Waals surface area contributed by atoms with Gasteiger partial charge in [0.05, 0.1) is 5.56 Å². The van der Waals surface area contributed by atoms with Crippen LogP contribution in [0.2, 0.25) is 0 Å². The van der Waals surface area contributed by atoms with Crippen molar-refractivity contribution in [3.05, 3.63) is 100 Å². The van der Waals surface area contributed by atoms with Crippen molar-refractivity contribution in [1.82, 2.24) is 0 Å². The van der Waals surface area contributed by atoms with E-state index >= 15 is 0 Å². The molecule has 4 rings (SSSR count). The normalized spacial score (nSPS) is 12.2. The lowest BCUT2D eigenvalue weighted by Crippen LogP contribution is -2.26. The van der Waals surface area contributed by atoms with Crippen LogP contribution in [0.5, 0.6) is 0 Å². The molecule has 4 aromatic rings. The second kappa shape index (κ2) is 7.65. The molecule has 0 saturated heterocycles. The van der Waals surface area contributed by atoms with E-state index in [9.17, 15) is 13.6 Å². The van der Waals surface area contributed by atoms with Crippen molar-refractivity contribution in [3.8, 4) is 4.90 Å². The Morgan fingerprint density at radius 3 is 2.20 bits per heavy atom. The largest absolute Gasteiger partial charge is 0.451 e. The summed E-state index contributed by atoms with van der Waals surface area (Å²) in [4.78, 5) is 15.1. The first-order valence-electron chi connectivity index (χ1n) is 9.56. The first kappa shape index (κ1) is 20.2. The molecular formula is C25H21F2O2S+. The number of carbonyl (C=O) groups excluding carboxylic acids is 1. The van der Waals surface area contributed by atoms with Gasteiger partial charge >= 0.3 is 5.97 Å². The van der Waals surface area contributed by atoms with Gasteiger partial charge in [0.1, 0.15) is 17.2 Å². The highest BCUT2D eigenvalue weighted by molar-refractivity contribution is 7.45. The Kier molecular flexibility index (Phi) is 5.16. The summed E-state index contributed by atoms with van der Waals surface area (Å²) >= 11 is 0. The molecule has 0 aliphatic carbocycles. The van der Waals surface area contributed by atoms with Gasteiger partial charge in [0, 0.05) is 40.5 Å². The molecule has 1 aromatic heterocycles. The fourth-order valence-corrected chi connectivity index (χ4v) is 5.73. The van der Waals surface area contributed by atoms with Gasteiger partial charge in [0.2, 0.25) is 0 Å². The second-order valence-electron chi connectivity index (χ2n) is 7.68. The Morgan fingerprint density at radius 2 is 1.53 bits per heavy atom. The highest BCUT2D eigenvalue weighted by atomic mass is 32.2. The molecule has 1 atom stereocenters. The number of halogens is 2. The van der Waals surface area contributed by atoms with Gasteiger partial charge in [-0.15, -0.1) is 0 Å². The zero-order chi connectivity index (χ0) is 21.5. The molecule has 0 aliphatic heterocycles. The topological polar surface area (TPSA) is 26.3 Å². The van der Waals surface area contributed by atoms with Gasteiger partial charge in [0.15, 0.2) is 14.5 Å². The number of carbonyl (C=O) groups is 1. The van der Waals surface area contributed by atoms with Crippen LogP contribution in [0, 0.1) is 18.6 Å². The zero-order valence-electron chi connectivity index (χ0n) is 16.9. The Labute approximate surface area is 176 Å². The lowest BCUT2D eigenvalue weighted by atomic mass is 9.97. The van der Waals surface area contributed by atoms with Gasteiger partial charge < -0.3 is 4.74 Å². The molecular weight excluding hydrogens is 402 g/mol. The Hall–Kier alpha value is -3.05. The Bertz CT molecular complexity index is 1220. The van der Waals surface area contributed by atoms with Crippen molar-refractivity contribution in [2.75, 3.05) is 0 Å². The van der Waals surface area contributed by atoms with Gasteiger partial charge in [-0.3, -0.25) is 0 Å². The maximum atomic E-state index is 13.6. The minimum Gasteiger partial charge on any atom is -0.451 e. The van der Waals surface area contributed by atoms with Crippen molar-refractivity contribution in [1.29, 1.82) is 0 Å². The van der Waals surface area contributed by atoms with Crippen LogP contribution in [0.25, 0.3) is 15.0 Å². The molecule has 0 N–H and O–H groups in total. The number of thiophene rings is 1. The van der Waals surface area contributed by atoms with Gasteiger partial charge in [0.25, 0.3) is 0 Å². The first-order chi connectivity index (χ1) is 14.2. The smallest absolute Gasteiger partial charge is 0.338 e. The summed E-state index contributed by atoms with van der Waals surface area (Å²) in [6.07, 6.45) is 0. The third kappa shape index (κ3) is 3.85. The van der Waals surface area contributed by atoms with Crippen molar-refractivity contribution in [2.24, 2.45) is 0 Å². The summed E-state index contributed by atoms with van der Waals surface area (Å²) in [6, 6.07) is 21.0. The third-order valence-corrected chi connectivity index (χ3v) is 7.37. The molecule has 0 amide bonds. The first-order valence-corrected chi connectivity index (χ1v) is 10.8. The van der Waals surface area contributed by atoms with Crippen molar-refractivity contribution in [3.63, 3.8) is 0 Å². The maximum absolute atomic E-state index is 13.6. The van der Waals surface area contributed by atoms with E-state index in [1.54, 1.807) is 26.0 Å². The van der Waals surface area contributed by atoms with Crippen molar-refractivity contribution in [2.45, 2.75) is 26.4 Å². The van der Waals surface area contributed by atoms with Crippen LogP contribution in [0.15, 0.2) is 72.8 Å². The summed E-state index contributed by atoms with van der Waals surface area (Å²) in [5, 5.41) is 1.23. The van der Waals surface area contributed by atoms with Crippen LogP contribution >= 0.6 is 10.5 Å². The van der Waals surface area contributed by atoms with Crippen LogP contribution < -0.4 is 0 Å². The van der Waals surface area contributed by atoms with Crippen LogP contribution in [0.1, 0.15) is 34.6 Å². The molecule has 30 heavy (non-hydrogen) atoms. The molecule has 0 saturated carbocycles. The highest BCUT2D eigenvalue weighted by Gasteiger charge is 2.28. The fourth-order valence-electron chi connectivity index (χ4n) is 3.53. The van der Waals surface area contributed by atoms with Crippen LogP contribution in [-0.2, 0) is 10.3 Å². The summed E-state index contributed by atoms with van der Waals surface area (Å²) in [5.74, 6) is -1.96. The summed E-state index contributed by atoms with van der Waals surface area (Å²) in [6.45, 7) is 5.34. The minimum absolute atomic E-state index is 0.160. The molecule has 0 spiro atoms. The van der Waals surface area contributed by atoms with E-state index < -0.39 is 23.2 Å². The number of esters is 1. The van der Waals surface area contributed by atoms with Crippen LogP contribution in [-0.4, -0.2) is 5.97 Å². The molecule has 2 nitrogen and oxygen atoms in total. The van der Waals surface area contributed by atoms with E-state index in [4.69, 9.17) is 4.74 Å². The lowest BCUT2D eigenvalue weighted by molar-refractivity contribution is -0.00339. The molecule has 0 bridgehead atoms. The highest BCUT2D eigenvalue weighted by Crippen LogP contribution is 2.43. The monoisotopic (exact) mass is 423 g/mol. The molecule has 0 aliphatic rings. The molecule has 3 aromatic carbocycles. The number of hydrogen-bond acceptors (Lipinski definition) is 2. The van der Waals surface area contributed by atoms with Gasteiger partial charge in [-0.05, 0) is 62.4 Å². The van der Waals surface area contributed by atoms with E-state index in [1.165, 1.54) is 27.1 Å². The Balaban J connectivity index is 1.59. The maximum Gasteiger partial charge on any atom is 0.338 e. The third-order valence-electron chi connectivity index (χ3n) is 5.05. The molecule has 0 radical (unpaired) electrons. The lowest BCUT2D eigenvalue weighted by Gasteiger charge is -2.25. The van der Waals surface area contributed by atoms with E-state index in [1.807, 2.05) is 24.3 Å². The van der Waals surface area contributed by atoms with Crippen molar-refractivity contribution < 1.29 is 18.3 Å². The van der Waals surface area contributed by atoms with Gasteiger partial charge in [-0.2, -0.15) is 0 Å². The predicted octanol–water partition coefficient (Wildman–Crippen LogP) is 7.26. The van der Waals surface area contributed by atoms with Crippen LogP contribution in [0.3, 0.4) is 0 Å². The quantitative estimate of drug-likeness (QED) is 0.255. The number of hydrogen-bond donors (Lipinski definition) is 0. The standard InChI is InChI=1S/C25H21F2O2S/c1-16-12-18-6-4-5-7-23(18)30(16)22-10-8-17(9-11-22)24(28)29-25(2,3)19-13-20(26)15-21(27)14-19/h4-15H,1-3H3/q+1. The summed E-state index contributed by atoms with van der Waals surface area (Å²) in [7, 11) is -0.160. The number of rotatable bonds is 4. The fraction of sp³-hybridized carbons (Fsp3) is 0.160. The van der Waals surface area contributed by atoms with E-state index in [2.05, 4.69) is 25.1 Å². The van der Waals surface area contributed by atoms with Crippen molar-refractivity contribution >= 4 is 26.5 Å². The summed E-state index contributed by atoms with van der Waals surface area (Å²) in [5.41, 5.74) is -0.527. The average Bonchev–Trinajstić information content (AvgIpc) is 3.02. The van der Waals surface area contributed by atoms with E-state index in [0.717, 1.165) is 11.0 Å².